The molecular weight excluding hydrogens is 747 g/mol. The van der Waals surface area contributed by atoms with Crippen LogP contribution in [0.3, 0.4) is 0 Å². The topological polar surface area (TPSA) is 192 Å². The molecule has 1 aliphatic carbocycles. The maximum Gasteiger partial charge on any atom is 0.274 e. The van der Waals surface area contributed by atoms with E-state index in [1.54, 1.807) is 13.2 Å². The summed E-state index contributed by atoms with van der Waals surface area (Å²) in [6, 6.07) is 5.19. The molecule has 4 aromatic rings. The number of primary amides is 1. The molecule has 0 radical (unpaired) electrons. The predicted molar refractivity (Wildman–Crippen MR) is 215 cm³/mol. The molecule has 1 aromatic carbocycles. The number of thiazole rings is 1. The Morgan fingerprint density at radius 3 is 2.60 bits per heavy atom. The first-order valence-corrected chi connectivity index (χ1v) is 20.6. The van der Waals surface area contributed by atoms with Crippen molar-refractivity contribution in [3.05, 3.63) is 64.5 Å². The maximum absolute atomic E-state index is 14.7. The molecule has 302 valence electrons. The predicted octanol–water partition coefficient (Wildman–Crippen LogP) is 5.94. The zero-order chi connectivity index (χ0) is 40.6. The molecule has 2 fully saturated rings. The van der Waals surface area contributed by atoms with Crippen molar-refractivity contribution in [1.29, 1.82) is 0 Å². The Balaban J connectivity index is 1.24. The summed E-state index contributed by atoms with van der Waals surface area (Å²) in [4.78, 5) is 66.8. The number of nitrogens with zero attached hydrogens (tertiary/aromatic N) is 4. The van der Waals surface area contributed by atoms with E-state index in [1.807, 2.05) is 56.5 Å². The highest BCUT2D eigenvalue weighted by Crippen LogP contribution is 2.45. The number of ether oxygens (including phenoxy) is 2. The van der Waals surface area contributed by atoms with E-state index in [4.69, 9.17) is 29.7 Å². The molecule has 1 saturated carbocycles. The van der Waals surface area contributed by atoms with Crippen LogP contribution in [0, 0.1) is 12.8 Å². The average molecular weight is 798 g/mol. The van der Waals surface area contributed by atoms with Gasteiger partial charge in [-0.25, -0.2) is 9.97 Å². The lowest BCUT2D eigenvalue weighted by Gasteiger charge is -2.29. The molecule has 4 amide bonds. The number of hydrogen-bond acceptors (Lipinski definition) is 11. The number of amides is 4. The van der Waals surface area contributed by atoms with Crippen LogP contribution in [0.2, 0.25) is 0 Å². The Morgan fingerprint density at radius 1 is 1.09 bits per heavy atom. The van der Waals surface area contributed by atoms with Crippen LogP contribution in [-0.2, 0) is 14.4 Å². The highest BCUT2D eigenvalue weighted by Gasteiger charge is 2.60. The molecule has 15 heteroatoms. The highest BCUT2D eigenvalue weighted by atomic mass is 32.1. The van der Waals surface area contributed by atoms with E-state index >= 15 is 0 Å². The van der Waals surface area contributed by atoms with Gasteiger partial charge in [0.1, 0.15) is 51.7 Å². The molecule has 1 saturated heterocycles. The number of benzene rings is 1. The van der Waals surface area contributed by atoms with Gasteiger partial charge >= 0.3 is 0 Å². The molecule has 3 aliphatic rings. The summed E-state index contributed by atoms with van der Waals surface area (Å²) >= 11 is 1.50. The van der Waals surface area contributed by atoms with Crippen LogP contribution in [-0.4, -0.2) is 81.0 Å². The molecule has 0 bridgehead atoms. The van der Waals surface area contributed by atoms with Crippen molar-refractivity contribution in [2.45, 2.75) is 115 Å². The highest BCUT2D eigenvalue weighted by molar-refractivity contribution is 7.13. The summed E-state index contributed by atoms with van der Waals surface area (Å²) in [7, 11) is 1.61. The minimum absolute atomic E-state index is 0.0161. The van der Waals surface area contributed by atoms with Gasteiger partial charge in [-0.1, -0.05) is 57.8 Å². The molecule has 7 rings (SSSR count). The number of pyridine rings is 1. The SMILES string of the molecule is COc1ccc2c(O[C@@H]3C[C@H]4C(=O)N[C@]5(C(N)=O)C[C@H]5/C=C\CCCCC[C@H](NC(=O)c5cc(C(C)C)on5)C(=O)N4C3)cc(-c3nc(C(C)C)cs3)nc2c1C. The molecule has 4 N–H and O–H groups in total. The third kappa shape index (κ3) is 8.12. The lowest BCUT2D eigenvalue weighted by atomic mass is 10.0. The van der Waals surface area contributed by atoms with Gasteiger partial charge in [0, 0.05) is 46.7 Å². The van der Waals surface area contributed by atoms with E-state index < -0.39 is 47.4 Å². The number of carbonyl (C=O) groups is 4. The van der Waals surface area contributed by atoms with Crippen molar-refractivity contribution in [3.8, 4) is 22.2 Å². The lowest BCUT2D eigenvalue weighted by molar-refractivity contribution is -0.141. The molecule has 0 spiro atoms. The number of allylic oxidation sites excluding steroid dienone is 1. The first-order valence-electron chi connectivity index (χ1n) is 19.8. The Morgan fingerprint density at radius 2 is 1.89 bits per heavy atom. The third-order valence-electron chi connectivity index (χ3n) is 11.3. The minimum atomic E-state index is -1.24. The van der Waals surface area contributed by atoms with Gasteiger partial charge in [0.2, 0.25) is 17.7 Å². The summed E-state index contributed by atoms with van der Waals surface area (Å²) in [5.41, 5.74) is 7.82. The number of rotatable bonds is 9. The second-order valence-corrected chi connectivity index (χ2v) is 16.9. The fourth-order valence-corrected chi connectivity index (χ4v) is 8.69. The molecule has 5 heterocycles. The van der Waals surface area contributed by atoms with Crippen LogP contribution in [0.5, 0.6) is 11.5 Å². The van der Waals surface area contributed by atoms with Crippen LogP contribution in [0.25, 0.3) is 21.6 Å². The fourth-order valence-electron chi connectivity index (χ4n) is 7.75. The average Bonchev–Trinajstić information content (AvgIpc) is 3.64. The van der Waals surface area contributed by atoms with Gasteiger partial charge < -0.3 is 35.3 Å². The molecule has 3 aromatic heterocycles. The Labute approximate surface area is 335 Å². The quantitative estimate of drug-likeness (QED) is 0.171. The number of carbonyl (C=O) groups excluding carboxylic acids is 4. The minimum Gasteiger partial charge on any atom is -0.496 e. The Kier molecular flexibility index (Phi) is 11.4. The van der Waals surface area contributed by atoms with Crippen molar-refractivity contribution in [2.24, 2.45) is 11.7 Å². The standard InChI is InChI=1S/C42H51N7O7S/c1-22(2)31-21-57-39(46-31)30-18-35(27-14-15-33(54-6)24(5)36(27)44-30)55-26-16-32-38(51)47-42(41(43)53)19-25(42)12-10-8-7-9-11-13-28(40(52)49(32)20-26)45-37(50)29-17-34(23(3)4)56-48-29/h10,12,14-15,17-18,21-23,25-26,28,32H,7-9,11,13,16,19-20H2,1-6H3,(H2,43,53)(H,45,50)(H,47,51)/b12-10-/t25-,26-,28+,32+,42-/m1/s1. The first-order chi connectivity index (χ1) is 27.3. The smallest absolute Gasteiger partial charge is 0.274 e. The van der Waals surface area contributed by atoms with Gasteiger partial charge in [-0.15, -0.1) is 11.3 Å². The summed E-state index contributed by atoms with van der Waals surface area (Å²) in [6.07, 6.45) is 7.27. The molecule has 5 atom stereocenters. The second-order valence-electron chi connectivity index (χ2n) is 16.0. The fraction of sp³-hybridized carbons (Fsp3) is 0.500. The van der Waals surface area contributed by atoms with Gasteiger partial charge in [-0.05, 0) is 50.7 Å². The number of aromatic nitrogens is 3. The van der Waals surface area contributed by atoms with E-state index in [0.29, 0.717) is 47.7 Å². The first kappa shape index (κ1) is 39.9. The molecular formula is C42H51N7O7S. The largest absolute Gasteiger partial charge is 0.496 e. The van der Waals surface area contributed by atoms with E-state index in [0.717, 1.165) is 40.9 Å². The molecule has 14 nitrogen and oxygen atoms in total. The zero-order valence-corrected chi connectivity index (χ0v) is 34.1. The van der Waals surface area contributed by atoms with Gasteiger partial charge in [0.05, 0.1) is 24.9 Å². The Bertz CT molecular complexity index is 2210. The van der Waals surface area contributed by atoms with Crippen LogP contribution in [0.4, 0.5) is 0 Å². The van der Waals surface area contributed by atoms with Crippen molar-refractivity contribution in [1.82, 2.24) is 30.7 Å². The molecule has 0 unspecified atom stereocenters. The van der Waals surface area contributed by atoms with Crippen LogP contribution >= 0.6 is 11.3 Å². The molecule has 57 heavy (non-hydrogen) atoms. The maximum atomic E-state index is 14.7. The van der Waals surface area contributed by atoms with Gasteiger partial charge in [0.25, 0.3) is 5.91 Å². The summed E-state index contributed by atoms with van der Waals surface area (Å²) in [5, 5.41) is 13.3. The van der Waals surface area contributed by atoms with Gasteiger partial charge in [-0.3, -0.25) is 19.2 Å². The number of fused-ring (bicyclic) bond motifs is 3. The molecule has 2 aliphatic heterocycles. The summed E-state index contributed by atoms with van der Waals surface area (Å²) in [5.74, 6) is -0.359. The van der Waals surface area contributed by atoms with Crippen LogP contribution < -0.4 is 25.8 Å². The number of hydrogen-bond donors (Lipinski definition) is 3. The van der Waals surface area contributed by atoms with Crippen molar-refractivity contribution in [3.63, 3.8) is 0 Å². The van der Waals surface area contributed by atoms with Crippen molar-refractivity contribution in [2.75, 3.05) is 13.7 Å². The lowest BCUT2D eigenvalue weighted by Crippen LogP contribution is -2.57. The third-order valence-corrected chi connectivity index (χ3v) is 12.2. The van der Waals surface area contributed by atoms with E-state index in [2.05, 4.69) is 29.6 Å². The van der Waals surface area contributed by atoms with E-state index in [1.165, 1.54) is 16.2 Å². The summed E-state index contributed by atoms with van der Waals surface area (Å²) < 4.78 is 17.8. The van der Waals surface area contributed by atoms with Crippen LogP contribution in [0.1, 0.15) is 112 Å². The van der Waals surface area contributed by atoms with Gasteiger partial charge in [-0.2, -0.15) is 0 Å². The van der Waals surface area contributed by atoms with Crippen molar-refractivity contribution >= 4 is 45.9 Å². The van der Waals surface area contributed by atoms with Crippen LogP contribution in [0.15, 0.2) is 46.3 Å². The normalized spacial score (nSPS) is 24.7. The number of nitrogens with two attached hydrogens (primary N) is 1. The number of nitrogens with one attached hydrogen (secondary N) is 2. The summed E-state index contributed by atoms with van der Waals surface area (Å²) in [6.45, 7) is 10.0. The van der Waals surface area contributed by atoms with E-state index in [9.17, 15) is 19.2 Å². The monoisotopic (exact) mass is 797 g/mol. The zero-order valence-electron chi connectivity index (χ0n) is 33.3. The van der Waals surface area contributed by atoms with E-state index in [-0.39, 0.29) is 36.4 Å². The Hall–Kier alpha value is -5.31. The number of aryl methyl sites for hydroxylation is 1. The number of methoxy groups -OCH3 is 1. The van der Waals surface area contributed by atoms with Crippen molar-refractivity contribution < 1.29 is 33.2 Å². The second kappa shape index (κ2) is 16.3. The van der Waals surface area contributed by atoms with Gasteiger partial charge in [0.15, 0.2) is 5.69 Å².